The molecule has 0 amide bonds. The van der Waals surface area contributed by atoms with E-state index in [2.05, 4.69) is 6.58 Å². The van der Waals surface area contributed by atoms with Crippen LogP contribution in [0.1, 0.15) is 29.8 Å². The van der Waals surface area contributed by atoms with E-state index in [1.807, 2.05) is 6.92 Å². The number of aromatic hydroxyl groups is 1. The van der Waals surface area contributed by atoms with Gasteiger partial charge >= 0.3 is 0 Å². The molecule has 0 radical (unpaired) electrons. The number of phenolic OH excluding ortho intramolecular Hbond substituents is 1. The van der Waals surface area contributed by atoms with Crippen LogP contribution in [0.25, 0.3) is 0 Å². The maximum Gasteiger partial charge on any atom is 0.204 e. The molecule has 1 heterocycles. The molecule has 108 valence electrons. The summed E-state index contributed by atoms with van der Waals surface area (Å²) >= 11 is 0. The second kappa shape index (κ2) is 5.07. The third kappa shape index (κ3) is 1.99. The first kappa shape index (κ1) is 14.2. The Morgan fingerprint density at radius 3 is 2.35 bits per heavy atom. The lowest BCUT2D eigenvalue weighted by Gasteiger charge is -2.16. The lowest BCUT2D eigenvalue weighted by molar-refractivity contribution is 0.101. The minimum absolute atomic E-state index is 0.120. The van der Waals surface area contributed by atoms with E-state index < -0.39 is 0 Å². The fourth-order valence-electron chi connectivity index (χ4n) is 2.42. The monoisotopic (exact) mass is 278 g/mol. The molecule has 2 rings (SSSR count). The number of hydrogen-bond acceptors (Lipinski definition) is 5. The number of rotatable bonds is 4. The first-order chi connectivity index (χ1) is 9.42. The summed E-state index contributed by atoms with van der Waals surface area (Å²) in [5.41, 5.74) is 1.70. The molecule has 0 bridgehead atoms. The van der Waals surface area contributed by atoms with Gasteiger partial charge in [-0.3, -0.25) is 4.79 Å². The largest absolute Gasteiger partial charge is 0.504 e. The van der Waals surface area contributed by atoms with Gasteiger partial charge in [-0.25, -0.2) is 0 Å². The van der Waals surface area contributed by atoms with Crippen molar-refractivity contribution in [2.24, 2.45) is 0 Å². The molecule has 1 aromatic carbocycles. The summed E-state index contributed by atoms with van der Waals surface area (Å²) in [5, 5.41) is 10.2. The van der Waals surface area contributed by atoms with Crippen molar-refractivity contribution in [3.8, 4) is 23.0 Å². The van der Waals surface area contributed by atoms with Crippen molar-refractivity contribution < 1.29 is 24.1 Å². The first-order valence-electron chi connectivity index (χ1n) is 6.25. The number of phenols is 1. The quantitative estimate of drug-likeness (QED) is 0.677. The standard InChI is InChI=1S/C15H18O5/c1-7(2)10-6-9-13(18-4)11(8(3)16)12(17)15(19-5)14(9)20-10/h10,17H,1,6H2,2-5H3/t10-/m0/s1. The zero-order valence-electron chi connectivity index (χ0n) is 12.1. The number of hydrogen-bond donors (Lipinski definition) is 1. The SMILES string of the molecule is C=C(C)[C@@H]1Cc2c(c(OC)c(O)c(C(C)=O)c2OC)O1. The van der Waals surface area contributed by atoms with Gasteiger partial charge in [0.15, 0.2) is 17.3 Å². The highest BCUT2D eigenvalue weighted by molar-refractivity contribution is 6.01. The minimum Gasteiger partial charge on any atom is -0.504 e. The van der Waals surface area contributed by atoms with E-state index in [0.717, 1.165) is 11.1 Å². The summed E-state index contributed by atoms with van der Waals surface area (Å²) in [7, 11) is 2.88. The van der Waals surface area contributed by atoms with Gasteiger partial charge in [0, 0.05) is 12.0 Å². The molecule has 0 aromatic heterocycles. The Balaban J connectivity index is 2.72. The summed E-state index contributed by atoms with van der Waals surface area (Å²) < 4.78 is 16.3. The van der Waals surface area contributed by atoms with Crippen molar-refractivity contribution in [2.75, 3.05) is 14.2 Å². The molecule has 0 saturated heterocycles. The van der Waals surface area contributed by atoms with Crippen molar-refractivity contribution in [1.82, 2.24) is 0 Å². The molecule has 1 aliphatic rings. The highest BCUT2D eigenvalue weighted by atomic mass is 16.5. The Hall–Kier alpha value is -2.17. The van der Waals surface area contributed by atoms with Gasteiger partial charge in [0.1, 0.15) is 17.4 Å². The molecule has 1 aromatic rings. The van der Waals surface area contributed by atoms with E-state index in [9.17, 15) is 9.90 Å². The van der Waals surface area contributed by atoms with Crippen molar-refractivity contribution in [3.05, 3.63) is 23.3 Å². The highest BCUT2D eigenvalue weighted by Crippen LogP contribution is 2.52. The lowest BCUT2D eigenvalue weighted by Crippen LogP contribution is -2.13. The fraction of sp³-hybridized carbons (Fsp3) is 0.400. The molecule has 5 heteroatoms. The summed E-state index contributed by atoms with van der Waals surface area (Å²) in [5.74, 6) is 0.376. The number of methoxy groups -OCH3 is 2. The van der Waals surface area contributed by atoms with E-state index in [0.29, 0.717) is 17.9 Å². The van der Waals surface area contributed by atoms with Crippen LogP contribution >= 0.6 is 0 Å². The number of benzene rings is 1. The van der Waals surface area contributed by atoms with E-state index in [-0.39, 0.29) is 28.9 Å². The van der Waals surface area contributed by atoms with Crippen LogP contribution in [-0.2, 0) is 6.42 Å². The maximum atomic E-state index is 11.8. The van der Waals surface area contributed by atoms with Gasteiger partial charge in [0.05, 0.1) is 14.2 Å². The van der Waals surface area contributed by atoms with Gasteiger partial charge in [-0.1, -0.05) is 6.58 Å². The molecule has 0 spiro atoms. The Kier molecular flexibility index (Phi) is 3.61. The Morgan fingerprint density at radius 2 is 1.90 bits per heavy atom. The van der Waals surface area contributed by atoms with E-state index in [1.54, 1.807) is 0 Å². The Labute approximate surface area is 117 Å². The maximum absolute atomic E-state index is 11.8. The van der Waals surface area contributed by atoms with E-state index in [1.165, 1.54) is 21.1 Å². The summed E-state index contributed by atoms with van der Waals surface area (Å²) in [4.78, 5) is 11.8. The van der Waals surface area contributed by atoms with Gasteiger partial charge < -0.3 is 19.3 Å². The normalized spacial score (nSPS) is 16.3. The second-order valence-electron chi connectivity index (χ2n) is 4.81. The van der Waals surface area contributed by atoms with Gasteiger partial charge in [-0.05, 0) is 19.4 Å². The predicted molar refractivity (Wildman–Crippen MR) is 74.1 cm³/mol. The molecule has 20 heavy (non-hydrogen) atoms. The molecule has 0 unspecified atom stereocenters. The highest BCUT2D eigenvalue weighted by Gasteiger charge is 2.35. The third-order valence-corrected chi connectivity index (χ3v) is 3.39. The predicted octanol–water partition coefficient (Wildman–Crippen LogP) is 2.49. The zero-order valence-corrected chi connectivity index (χ0v) is 12.1. The molecule has 1 aliphatic heterocycles. The van der Waals surface area contributed by atoms with Gasteiger partial charge in [0.25, 0.3) is 0 Å². The molecule has 1 atom stereocenters. The molecule has 1 N–H and O–H groups in total. The molecule has 5 nitrogen and oxygen atoms in total. The third-order valence-electron chi connectivity index (χ3n) is 3.39. The molecular weight excluding hydrogens is 260 g/mol. The molecule has 0 aliphatic carbocycles. The Morgan fingerprint density at radius 1 is 1.30 bits per heavy atom. The van der Waals surface area contributed by atoms with Crippen LogP contribution in [0, 0.1) is 0 Å². The van der Waals surface area contributed by atoms with Gasteiger partial charge in [-0.2, -0.15) is 0 Å². The average Bonchev–Trinajstić information content (AvgIpc) is 2.81. The van der Waals surface area contributed by atoms with Crippen LogP contribution in [-0.4, -0.2) is 31.2 Å². The van der Waals surface area contributed by atoms with E-state index >= 15 is 0 Å². The van der Waals surface area contributed by atoms with Crippen molar-refractivity contribution in [3.63, 3.8) is 0 Å². The number of fused-ring (bicyclic) bond motifs is 1. The number of ketones is 1. The summed E-state index contributed by atoms with van der Waals surface area (Å²) in [6.45, 7) is 7.11. The number of carbonyl (C=O) groups is 1. The summed E-state index contributed by atoms with van der Waals surface area (Å²) in [6, 6.07) is 0. The molecule has 0 saturated carbocycles. The fourth-order valence-corrected chi connectivity index (χ4v) is 2.42. The lowest BCUT2D eigenvalue weighted by atomic mass is 9.99. The Bertz CT molecular complexity index is 589. The van der Waals surface area contributed by atoms with Crippen LogP contribution in [0.5, 0.6) is 23.0 Å². The minimum atomic E-state index is -0.292. The second-order valence-corrected chi connectivity index (χ2v) is 4.81. The van der Waals surface area contributed by atoms with Crippen LogP contribution in [0.2, 0.25) is 0 Å². The van der Waals surface area contributed by atoms with Crippen LogP contribution in [0.4, 0.5) is 0 Å². The van der Waals surface area contributed by atoms with Gasteiger partial charge in [0.2, 0.25) is 5.75 Å². The number of carbonyl (C=O) groups excluding carboxylic acids is 1. The zero-order chi connectivity index (χ0) is 15.0. The van der Waals surface area contributed by atoms with Crippen LogP contribution < -0.4 is 14.2 Å². The first-order valence-corrected chi connectivity index (χ1v) is 6.25. The van der Waals surface area contributed by atoms with Crippen molar-refractivity contribution in [2.45, 2.75) is 26.4 Å². The van der Waals surface area contributed by atoms with Crippen LogP contribution in [0.3, 0.4) is 0 Å². The average molecular weight is 278 g/mol. The number of ether oxygens (including phenoxy) is 3. The van der Waals surface area contributed by atoms with Crippen LogP contribution in [0.15, 0.2) is 12.2 Å². The smallest absolute Gasteiger partial charge is 0.204 e. The molecule has 0 fully saturated rings. The van der Waals surface area contributed by atoms with Gasteiger partial charge in [-0.15, -0.1) is 0 Å². The van der Waals surface area contributed by atoms with Crippen molar-refractivity contribution in [1.29, 1.82) is 0 Å². The van der Waals surface area contributed by atoms with Crippen molar-refractivity contribution >= 4 is 5.78 Å². The topological polar surface area (TPSA) is 65.0 Å². The molecular formula is C15H18O5. The van der Waals surface area contributed by atoms with E-state index in [4.69, 9.17) is 14.2 Å². The summed E-state index contributed by atoms with van der Waals surface area (Å²) in [6.07, 6.45) is 0.319. The number of Topliss-reactive ketones (excluding diaryl/α,β-unsaturated/α-hetero) is 1.